The summed E-state index contributed by atoms with van der Waals surface area (Å²) in [6, 6.07) is 7.50. The van der Waals surface area contributed by atoms with Crippen LogP contribution < -0.4 is 5.73 Å². The first-order valence-electron chi connectivity index (χ1n) is 6.60. The van der Waals surface area contributed by atoms with Crippen LogP contribution in [0, 0.1) is 11.3 Å². The van der Waals surface area contributed by atoms with Crippen LogP contribution in [0.4, 0.5) is 0 Å². The van der Waals surface area contributed by atoms with Crippen molar-refractivity contribution in [3.05, 3.63) is 34.9 Å². The molecule has 1 aromatic rings. The van der Waals surface area contributed by atoms with Crippen molar-refractivity contribution in [2.75, 3.05) is 6.54 Å². The van der Waals surface area contributed by atoms with Gasteiger partial charge in [-0.15, -0.1) is 0 Å². The van der Waals surface area contributed by atoms with Gasteiger partial charge in [0.2, 0.25) is 0 Å². The lowest BCUT2D eigenvalue weighted by atomic mass is 9.67. The van der Waals surface area contributed by atoms with Gasteiger partial charge in [-0.1, -0.05) is 30.7 Å². The molecule has 1 fully saturated rings. The minimum atomic E-state index is -0.919. The molecule has 100 valence electrons. The molecule has 1 aliphatic rings. The van der Waals surface area contributed by atoms with Gasteiger partial charge in [0.15, 0.2) is 0 Å². The van der Waals surface area contributed by atoms with Crippen molar-refractivity contribution in [1.82, 2.24) is 0 Å². The first-order chi connectivity index (χ1) is 8.41. The maximum Gasteiger partial charge on any atom is 0.0937 e. The van der Waals surface area contributed by atoms with E-state index in [0.717, 1.165) is 24.8 Å². The molecular formula is C15H22ClNO. The second kappa shape index (κ2) is 4.84. The van der Waals surface area contributed by atoms with Gasteiger partial charge < -0.3 is 10.8 Å². The zero-order valence-corrected chi connectivity index (χ0v) is 11.9. The summed E-state index contributed by atoms with van der Waals surface area (Å²) in [4.78, 5) is 0. The summed E-state index contributed by atoms with van der Waals surface area (Å²) in [5.74, 6) is 0.624. The largest absolute Gasteiger partial charge is 0.385 e. The molecular weight excluding hydrogens is 246 g/mol. The first-order valence-corrected chi connectivity index (χ1v) is 6.97. The SMILES string of the molecule is CC1CCC(CN)(C(C)(O)c2cccc(Cl)c2)C1. The van der Waals surface area contributed by atoms with Gasteiger partial charge in [-0.3, -0.25) is 0 Å². The number of nitrogens with two attached hydrogens (primary N) is 1. The zero-order valence-electron chi connectivity index (χ0n) is 11.1. The van der Waals surface area contributed by atoms with Crippen LogP contribution in [0.25, 0.3) is 0 Å². The third-order valence-corrected chi connectivity index (χ3v) is 4.90. The Bertz CT molecular complexity index is 432. The Kier molecular flexibility index (Phi) is 3.72. The quantitative estimate of drug-likeness (QED) is 0.883. The van der Waals surface area contributed by atoms with E-state index in [4.69, 9.17) is 17.3 Å². The Labute approximate surface area is 114 Å². The lowest BCUT2D eigenvalue weighted by molar-refractivity contribution is -0.0711. The van der Waals surface area contributed by atoms with E-state index in [9.17, 15) is 5.11 Å². The Morgan fingerprint density at radius 3 is 2.78 bits per heavy atom. The average molecular weight is 268 g/mol. The molecule has 1 aromatic carbocycles. The van der Waals surface area contributed by atoms with Gasteiger partial charge in [0, 0.05) is 17.0 Å². The van der Waals surface area contributed by atoms with E-state index in [1.54, 1.807) is 0 Å². The molecule has 1 aliphatic carbocycles. The van der Waals surface area contributed by atoms with Crippen molar-refractivity contribution in [2.45, 2.75) is 38.7 Å². The number of aliphatic hydroxyl groups is 1. The minimum absolute atomic E-state index is 0.225. The van der Waals surface area contributed by atoms with Crippen LogP contribution in [0.1, 0.15) is 38.7 Å². The highest BCUT2D eigenvalue weighted by Gasteiger charge is 2.50. The average Bonchev–Trinajstić information content (AvgIpc) is 2.72. The van der Waals surface area contributed by atoms with Crippen LogP contribution in [-0.4, -0.2) is 11.7 Å². The van der Waals surface area contributed by atoms with Crippen molar-refractivity contribution < 1.29 is 5.11 Å². The van der Waals surface area contributed by atoms with Crippen molar-refractivity contribution in [3.8, 4) is 0 Å². The van der Waals surface area contributed by atoms with Crippen LogP contribution >= 0.6 is 11.6 Å². The Hall–Kier alpha value is -0.570. The van der Waals surface area contributed by atoms with Crippen molar-refractivity contribution in [3.63, 3.8) is 0 Å². The second-order valence-corrected chi connectivity index (χ2v) is 6.35. The molecule has 2 rings (SSSR count). The number of hydrogen-bond acceptors (Lipinski definition) is 2. The molecule has 3 unspecified atom stereocenters. The van der Waals surface area contributed by atoms with Crippen LogP contribution in [-0.2, 0) is 5.60 Å². The maximum absolute atomic E-state index is 11.0. The molecule has 0 spiro atoms. The van der Waals surface area contributed by atoms with E-state index >= 15 is 0 Å². The number of rotatable bonds is 3. The number of hydrogen-bond donors (Lipinski definition) is 2. The molecule has 0 aromatic heterocycles. The molecule has 18 heavy (non-hydrogen) atoms. The van der Waals surface area contributed by atoms with E-state index in [2.05, 4.69) is 6.92 Å². The van der Waals surface area contributed by atoms with Crippen LogP contribution in [0.5, 0.6) is 0 Å². The topological polar surface area (TPSA) is 46.2 Å². The van der Waals surface area contributed by atoms with Gasteiger partial charge in [0.25, 0.3) is 0 Å². The highest BCUT2D eigenvalue weighted by Crippen LogP contribution is 2.52. The second-order valence-electron chi connectivity index (χ2n) is 5.91. The maximum atomic E-state index is 11.0. The van der Waals surface area contributed by atoms with Gasteiger partial charge in [-0.25, -0.2) is 0 Å². The zero-order chi connectivity index (χ0) is 13.4. The molecule has 3 N–H and O–H groups in total. The summed E-state index contributed by atoms with van der Waals surface area (Å²) < 4.78 is 0. The standard InChI is InChI=1S/C15H22ClNO/c1-11-6-7-15(9-11,10-17)14(2,18)12-4-3-5-13(16)8-12/h3-5,8,11,18H,6-7,9-10,17H2,1-2H3. The fourth-order valence-corrected chi connectivity index (χ4v) is 3.51. The van der Waals surface area contributed by atoms with Gasteiger partial charge in [0.1, 0.15) is 0 Å². The first kappa shape index (κ1) is 13.9. The fourth-order valence-electron chi connectivity index (χ4n) is 3.32. The molecule has 0 radical (unpaired) electrons. The Morgan fingerprint density at radius 2 is 2.28 bits per heavy atom. The smallest absolute Gasteiger partial charge is 0.0937 e. The summed E-state index contributed by atoms with van der Waals surface area (Å²) in [7, 11) is 0. The van der Waals surface area contributed by atoms with E-state index < -0.39 is 5.60 Å². The number of halogens is 1. The predicted octanol–water partition coefficient (Wildman–Crippen LogP) is 3.31. The summed E-state index contributed by atoms with van der Waals surface area (Å²) in [5, 5.41) is 11.7. The van der Waals surface area contributed by atoms with Crippen molar-refractivity contribution in [2.24, 2.45) is 17.1 Å². The van der Waals surface area contributed by atoms with Gasteiger partial charge in [-0.05, 0) is 49.8 Å². The van der Waals surface area contributed by atoms with E-state index in [1.165, 1.54) is 0 Å². The predicted molar refractivity (Wildman–Crippen MR) is 75.5 cm³/mol. The molecule has 3 heteroatoms. The van der Waals surface area contributed by atoms with E-state index in [-0.39, 0.29) is 5.41 Å². The van der Waals surface area contributed by atoms with Gasteiger partial charge >= 0.3 is 0 Å². The molecule has 0 aliphatic heterocycles. The fraction of sp³-hybridized carbons (Fsp3) is 0.600. The third-order valence-electron chi connectivity index (χ3n) is 4.67. The van der Waals surface area contributed by atoms with Crippen LogP contribution in [0.15, 0.2) is 24.3 Å². The van der Waals surface area contributed by atoms with Gasteiger partial charge in [0.05, 0.1) is 5.60 Å². The van der Waals surface area contributed by atoms with Crippen LogP contribution in [0.3, 0.4) is 0 Å². The number of benzene rings is 1. The van der Waals surface area contributed by atoms with Crippen molar-refractivity contribution >= 4 is 11.6 Å². The Balaban J connectivity index is 2.40. The van der Waals surface area contributed by atoms with E-state index in [1.807, 2.05) is 31.2 Å². The van der Waals surface area contributed by atoms with E-state index in [0.29, 0.717) is 17.5 Å². The van der Waals surface area contributed by atoms with Crippen molar-refractivity contribution in [1.29, 1.82) is 0 Å². The summed E-state index contributed by atoms with van der Waals surface area (Å²) in [5.41, 5.74) is 5.73. The lowest BCUT2D eigenvalue weighted by Crippen LogP contribution is -2.47. The molecule has 2 nitrogen and oxygen atoms in total. The summed E-state index contributed by atoms with van der Waals surface area (Å²) in [6.07, 6.45) is 3.08. The summed E-state index contributed by atoms with van der Waals surface area (Å²) >= 11 is 6.03. The highest BCUT2D eigenvalue weighted by molar-refractivity contribution is 6.30. The molecule has 0 saturated heterocycles. The van der Waals surface area contributed by atoms with Crippen LogP contribution in [0.2, 0.25) is 5.02 Å². The molecule has 0 heterocycles. The summed E-state index contributed by atoms with van der Waals surface area (Å²) in [6.45, 7) is 4.62. The molecule has 0 amide bonds. The third kappa shape index (κ3) is 2.18. The lowest BCUT2D eigenvalue weighted by Gasteiger charge is -2.43. The molecule has 3 atom stereocenters. The monoisotopic (exact) mass is 267 g/mol. The molecule has 1 saturated carbocycles. The normalized spacial score (nSPS) is 31.3. The highest BCUT2D eigenvalue weighted by atomic mass is 35.5. The Morgan fingerprint density at radius 1 is 1.56 bits per heavy atom. The van der Waals surface area contributed by atoms with Gasteiger partial charge in [-0.2, -0.15) is 0 Å². The minimum Gasteiger partial charge on any atom is -0.385 e. The molecule has 0 bridgehead atoms.